The molecule has 2 aromatic rings. The molecule has 0 spiro atoms. The van der Waals surface area contributed by atoms with Crippen molar-refractivity contribution in [3.63, 3.8) is 0 Å². The lowest BCUT2D eigenvalue weighted by atomic mass is 10.2. The van der Waals surface area contributed by atoms with Crippen LogP contribution in [0.1, 0.15) is 21.6 Å². The van der Waals surface area contributed by atoms with E-state index in [0.29, 0.717) is 6.54 Å². The van der Waals surface area contributed by atoms with Crippen molar-refractivity contribution in [2.75, 3.05) is 5.32 Å². The summed E-state index contributed by atoms with van der Waals surface area (Å²) in [5.41, 5.74) is 1.06. The number of aromatic carboxylic acids is 1. The van der Waals surface area contributed by atoms with Crippen LogP contribution in [-0.4, -0.2) is 30.8 Å². The highest BCUT2D eigenvalue weighted by Crippen LogP contribution is 2.23. The zero-order valence-electron chi connectivity index (χ0n) is 11.4. The Bertz CT molecular complexity index is 710. The van der Waals surface area contributed by atoms with Crippen LogP contribution < -0.4 is 5.32 Å². The van der Waals surface area contributed by atoms with Crippen molar-refractivity contribution in [1.29, 1.82) is 0 Å². The van der Waals surface area contributed by atoms with Crippen LogP contribution in [0, 0.1) is 17.0 Å². The molecule has 0 atom stereocenters. The Morgan fingerprint density at radius 3 is 2.81 bits per heavy atom. The number of aryl methyl sites for hydroxylation is 2. The van der Waals surface area contributed by atoms with E-state index in [2.05, 4.69) is 15.4 Å². The summed E-state index contributed by atoms with van der Waals surface area (Å²) in [5.74, 6) is -1.24. The van der Waals surface area contributed by atoms with Gasteiger partial charge < -0.3 is 10.4 Å². The average Bonchev–Trinajstić information content (AvgIpc) is 2.74. The van der Waals surface area contributed by atoms with Crippen molar-refractivity contribution in [3.8, 4) is 0 Å². The first-order valence-electron chi connectivity index (χ1n) is 5.99. The Balaban J connectivity index is 2.25. The second-order valence-corrected chi connectivity index (χ2v) is 4.42. The van der Waals surface area contributed by atoms with E-state index >= 15 is 0 Å². The first-order valence-corrected chi connectivity index (χ1v) is 5.99. The molecule has 0 aliphatic rings. The average molecular weight is 291 g/mol. The molecule has 0 saturated heterocycles. The van der Waals surface area contributed by atoms with Crippen LogP contribution in [0.25, 0.3) is 0 Å². The van der Waals surface area contributed by atoms with Gasteiger partial charge in [-0.3, -0.25) is 14.8 Å². The summed E-state index contributed by atoms with van der Waals surface area (Å²) >= 11 is 0. The molecule has 0 amide bonds. The summed E-state index contributed by atoms with van der Waals surface area (Å²) in [4.78, 5) is 25.0. The third kappa shape index (κ3) is 3.14. The third-order valence-electron chi connectivity index (χ3n) is 2.87. The second kappa shape index (κ2) is 5.57. The number of pyridine rings is 1. The molecule has 2 N–H and O–H groups in total. The van der Waals surface area contributed by atoms with Gasteiger partial charge in [-0.15, -0.1) is 0 Å². The van der Waals surface area contributed by atoms with E-state index in [9.17, 15) is 14.9 Å². The number of nitro groups is 1. The van der Waals surface area contributed by atoms with Gasteiger partial charge in [-0.1, -0.05) is 0 Å². The lowest BCUT2D eigenvalue weighted by molar-refractivity contribution is -0.384. The number of aromatic nitrogens is 3. The second-order valence-electron chi connectivity index (χ2n) is 4.42. The molecule has 2 heterocycles. The molecule has 0 fully saturated rings. The van der Waals surface area contributed by atoms with Crippen LogP contribution in [0.4, 0.5) is 11.5 Å². The van der Waals surface area contributed by atoms with Gasteiger partial charge in [0.2, 0.25) is 5.82 Å². The van der Waals surface area contributed by atoms with Gasteiger partial charge in [0.15, 0.2) is 0 Å². The van der Waals surface area contributed by atoms with Gasteiger partial charge in [-0.25, -0.2) is 9.78 Å². The molecule has 110 valence electrons. The fourth-order valence-electron chi connectivity index (χ4n) is 1.85. The molecule has 0 bridgehead atoms. The van der Waals surface area contributed by atoms with Gasteiger partial charge in [0.05, 0.1) is 16.2 Å². The normalized spacial score (nSPS) is 10.4. The minimum atomic E-state index is -1.26. The van der Waals surface area contributed by atoms with Gasteiger partial charge in [0, 0.05) is 37.6 Å². The number of carbonyl (C=O) groups is 1. The van der Waals surface area contributed by atoms with Crippen molar-refractivity contribution < 1.29 is 14.8 Å². The molecule has 0 saturated carbocycles. The fraction of sp³-hybridized carbons (Fsp3) is 0.250. The minimum Gasteiger partial charge on any atom is -0.478 e. The quantitative estimate of drug-likeness (QED) is 0.629. The Kier molecular flexibility index (Phi) is 3.83. The third-order valence-corrected chi connectivity index (χ3v) is 2.87. The van der Waals surface area contributed by atoms with Crippen LogP contribution >= 0.6 is 0 Å². The number of anilines is 1. The number of nitrogens with zero attached hydrogens (tertiary/aromatic N) is 4. The molecular weight excluding hydrogens is 278 g/mol. The monoisotopic (exact) mass is 291 g/mol. The lowest BCUT2D eigenvalue weighted by Gasteiger charge is -2.06. The largest absolute Gasteiger partial charge is 0.478 e. The summed E-state index contributed by atoms with van der Waals surface area (Å²) < 4.78 is 1.64. The van der Waals surface area contributed by atoms with E-state index in [-0.39, 0.29) is 17.1 Å². The Morgan fingerprint density at radius 2 is 2.29 bits per heavy atom. The number of hydrogen-bond acceptors (Lipinski definition) is 6. The molecule has 0 aliphatic carbocycles. The van der Waals surface area contributed by atoms with Gasteiger partial charge in [-0.05, 0) is 6.92 Å². The fourth-order valence-corrected chi connectivity index (χ4v) is 1.85. The SMILES string of the molecule is Cc1nn(C)cc1CNc1ncc(C(=O)O)cc1[N+](=O)[O-]. The molecule has 0 aromatic carbocycles. The van der Waals surface area contributed by atoms with Gasteiger partial charge in [0.1, 0.15) is 0 Å². The van der Waals surface area contributed by atoms with Crippen molar-refractivity contribution >= 4 is 17.5 Å². The zero-order valence-corrected chi connectivity index (χ0v) is 11.4. The van der Waals surface area contributed by atoms with Gasteiger partial charge >= 0.3 is 11.7 Å². The number of rotatable bonds is 5. The lowest BCUT2D eigenvalue weighted by Crippen LogP contribution is -2.07. The maximum absolute atomic E-state index is 11.0. The van der Waals surface area contributed by atoms with E-state index in [4.69, 9.17) is 5.11 Å². The van der Waals surface area contributed by atoms with Crippen molar-refractivity contribution in [2.24, 2.45) is 7.05 Å². The zero-order chi connectivity index (χ0) is 15.6. The van der Waals surface area contributed by atoms with Crippen LogP contribution in [0.5, 0.6) is 0 Å². The Labute approximate surface area is 119 Å². The highest BCUT2D eigenvalue weighted by atomic mass is 16.6. The summed E-state index contributed by atoms with van der Waals surface area (Å²) in [6.07, 6.45) is 2.87. The predicted octanol–water partition coefficient (Wildman–Crippen LogP) is 1.34. The van der Waals surface area contributed by atoms with Crippen LogP contribution in [0.2, 0.25) is 0 Å². The summed E-state index contributed by atoms with van der Waals surface area (Å²) in [5, 5.41) is 26.8. The van der Waals surface area contributed by atoms with E-state index < -0.39 is 10.9 Å². The van der Waals surface area contributed by atoms with Crippen LogP contribution in [0.3, 0.4) is 0 Å². The molecule has 9 heteroatoms. The standard InChI is InChI=1S/C12H13N5O4/c1-7-9(6-16(2)15-7)5-14-11-10(17(20)21)3-8(4-13-11)12(18)19/h3-4,6H,5H2,1-2H3,(H,13,14)(H,18,19). The molecule has 2 aromatic heterocycles. The van der Waals surface area contributed by atoms with E-state index in [1.165, 1.54) is 0 Å². The first-order chi connectivity index (χ1) is 9.88. The predicted molar refractivity (Wildman–Crippen MR) is 73.1 cm³/mol. The van der Waals surface area contributed by atoms with E-state index in [1.54, 1.807) is 17.9 Å². The Morgan fingerprint density at radius 1 is 1.57 bits per heavy atom. The maximum Gasteiger partial charge on any atom is 0.337 e. The molecule has 2 rings (SSSR count). The van der Waals surface area contributed by atoms with Gasteiger partial charge in [0.25, 0.3) is 0 Å². The highest BCUT2D eigenvalue weighted by Gasteiger charge is 2.19. The first kappa shape index (κ1) is 14.4. The van der Waals surface area contributed by atoms with Crippen molar-refractivity contribution in [1.82, 2.24) is 14.8 Å². The van der Waals surface area contributed by atoms with Gasteiger partial charge in [-0.2, -0.15) is 5.10 Å². The summed E-state index contributed by atoms with van der Waals surface area (Å²) in [6, 6.07) is 0.980. The molecule has 9 nitrogen and oxygen atoms in total. The van der Waals surface area contributed by atoms with Crippen LogP contribution in [0.15, 0.2) is 18.5 Å². The van der Waals surface area contributed by atoms with E-state index in [1.807, 2.05) is 6.92 Å². The number of hydrogen-bond donors (Lipinski definition) is 2. The number of carboxylic acid groups (broad SMARTS) is 1. The molecule has 21 heavy (non-hydrogen) atoms. The molecule has 0 aliphatic heterocycles. The number of carboxylic acids is 1. The highest BCUT2D eigenvalue weighted by molar-refractivity contribution is 5.88. The van der Waals surface area contributed by atoms with E-state index in [0.717, 1.165) is 23.5 Å². The summed E-state index contributed by atoms with van der Waals surface area (Å²) in [7, 11) is 1.78. The maximum atomic E-state index is 11.0. The van der Waals surface area contributed by atoms with Crippen molar-refractivity contribution in [2.45, 2.75) is 13.5 Å². The van der Waals surface area contributed by atoms with Crippen molar-refractivity contribution in [3.05, 3.63) is 45.4 Å². The van der Waals surface area contributed by atoms with Crippen LogP contribution in [-0.2, 0) is 13.6 Å². The molecule has 0 radical (unpaired) electrons. The number of nitrogens with one attached hydrogen (secondary N) is 1. The topological polar surface area (TPSA) is 123 Å². The summed E-state index contributed by atoms with van der Waals surface area (Å²) in [6.45, 7) is 2.13. The minimum absolute atomic E-state index is 0.0215. The molecule has 0 unspecified atom stereocenters. The smallest absolute Gasteiger partial charge is 0.337 e. The Hall–Kier alpha value is -2.97. The molecular formula is C12H13N5O4.